The Hall–Kier alpha value is -2.41. The van der Waals surface area contributed by atoms with Crippen molar-refractivity contribution < 1.29 is 9.18 Å². The summed E-state index contributed by atoms with van der Waals surface area (Å²) in [5, 5.41) is 8.49. The number of benzene rings is 1. The maximum atomic E-state index is 13.0. The summed E-state index contributed by atoms with van der Waals surface area (Å²) in [5.41, 5.74) is 6.38. The fourth-order valence-corrected chi connectivity index (χ4v) is 3.17. The fourth-order valence-electron chi connectivity index (χ4n) is 2.46. The lowest BCUT2D eigenvalue weighted by molar-refractivity contribution is -0.121. The van der Waals surface area contributed by atoms with Gasteiger partial charge in [-0.1, -0.05) is 18.2 Å². The van der Waals surface area contributed by atoms with Crippen LogP contribution in [0.1, 0.15) is 17.4 Å². The molecule has 1 heterocycles. The van der Waals surface area contributed by atoms with Crippen molar-refractivity contribution in [1.82, 2.24) is 10.6 Å². The van der Waals surface area contributed by atoms with E-state index >= 15 is 0 Å². The van der Waals surface area contributed by atoms with E-state index in [2.05, 4.69) is 27.1 Å². The lowest BCUT2D eigenvalue weighted by Gasteiger charge is -2.14. The number of primary amides is 1. The number of nitrogens with one attached hydrogen (secondary N) is 2. The first-order valence-corrected chi connectivity index (χ1v) is 9.54. The van der Waals surface area contributed by atoms with Gasteiger partial charge in [0, 0.05) is 18.0 Å². The van der Waals surface area contributed by atoms with E-state index in [1.807, 2.05) is 13.0 Å². The SMILES string of the molecule is CCNC(=NCC(Cc1ccc(F)cc1)C(N)=O)NCCc1cccs1. The van der Waals surface area contributed by atoms with Gasteiger partial charge in [0.05, 0.1) is 12.5 Å². The molecule has 2 rings (SSSR count). The van der Waals surface area contributed by atoms with Crippen molar-refractivity contribution in [2.24, 2.45) is 16.6 Å². The number of halogens is 1. The van der Waals surface area contributed by atoms with Gasteiger partial charge < -0.3 is 16.4 Å². The highest BCUT2D eigenvalue weighted by Crippen LogP contribution is 2.11. The first kappa shape index (κ1) is 19.9. The van der Waals surface area contributed by atoms with Gasteiger partial charge in [0.2, 0.25) is 5.91 Å². The van der Waals surface area contributed by atoms with Crippen LogP contribution in [0.3, 0.4) is 0 Å². The molecule has 1 unspecified atom stereocenters. The Balaban J connectivity index is 1.92. The summed E-state index contributed by atoms with van der Waals surface area (Å²) in [4.78, 5) is 17.5. The third kappa shape index (κ3) is 6.84. The van der Waals surface area contributed by atoms with Crippen LogP contribution < -0.4 is 16.4 Å². The van der Waals surface area contributed by atoms with Crippen LogP contribution in [0.5, 0.6) is 0 Å². The van der Waals surface area contributed by atoms with Gasteiger partial charge in [0.25, 0.3) is 0 Å². The van der Waals surface area contributed by atoms with Crippen LogP contribution in [0.2, 0.25) is 0 Å². The van der Waals surface area contributed by atoms with E-state index in [4.69, 9.17) is 5.73 Å². The Morgan fingerprint density at radius 2 is 2.04 bits per heavy atom. The number of carbonyl (C=O) groups excluding carboxylic acids is 1. The van der Waals surface area contributed by atoms with Gasteiger partial charge in [-0.15, -0.1) is 11.3 Å². The number of rotatable bonds is 9. The summed E-state index contributed by atoms with van der Waals surface area (Å²) in [6.07, 6.45) is 1.35. The minimum absolute atomic E-state index is 0.279. The number of nitrogens with zero attached hydrogens (tertiary/aromatic N) is 1. The third-order valence-electron chi connectivity index (χ3n) is 3.86. The molecule has 0 fully saturated rings. The number of hydrogen-bond acceptors (Lipinski definition) is 3. The van der Waals surface area contributed by atoms with Crippen LogP contribution >= 0.6 is 11.3 Å². The first-order valence-electron chi connectivity index (χ1n) is 8.66. The molecule has 0 aliphatic carbocycles. The molecule has 2 aromatic rings. The van der Waals surface area contributed by atoms with E-state index in [1.165, 1.54) is 17.0 Å². The summed E-state index contributed by atoms with van der Waals surface area (Å²) in [5.74, 6) is -0.484. The lowest BCUT2D eigenvalue weighted by Crippen LogP contribution is -2.39. The molecule has 0 spiro atoms. The van der Waals surface area contributed by atoms with Gasteiger partial charge in [0.1, 0.15) is 5.82 Å². The molecule has 0 aliphatic heterocycles. The zero-order valence-corrected chi connectivity index (χ0v) is 15.7. The average molecular weight is 377 g/mol. The van der Waals surface area contributed by atoms with Crippen LogP contribution in [0.4, 0.5) is 4.39 Å². The van der Waals surface area contributed by atoms with E-state index in [-0.39, 0.29) is 12.4 Å². The molecular weight excluding hydrogens is 351 g/mol. The Morgan fingerprint density at radius 3 is 2.65 bits per heavy atom. The van der Waals surface area contributed by atoms with Crippen molar-refractivity contribution in [3.8, 4) is 0 Å². The molecule has 0 aliphatic rings. The quantitative estimate of drug-likeness (QED) is 0.464. The molecule has 1 atom stereocenters. The molecule has 1 amide bonds. The minimum Gasteiger partial charge on any atom is -0.369 e. The second-order valence-electron chi connectivity index (χ2n) is 5.91. The summed E-state index contributed by atoms with van der Waals surface area (Å²) in [6.45, 7) is 3.75. The van der Waals surface area contributed by atoms with Crippen LogP contribution in [0.25, 0.3) is 0 Å². The minimum atomic E-state index is -0.437. The average Bonchev–Trinajstić information content (AvgIpc) is 3.13. The monoisotopic (exact) mass is 376 g/mol. The van der Waals surface area contributed by atoms with Crippen molar-refractivity contribution >= 4 is 23.2 Å². The van der Waals surface area contributed by atoms with E-state index in [0.717, 1.165) is 25.1 Å². The number of guanidine groups is 1. The Bertz CT molecular complexity index is 701. The summed E-state index contributed by atoms with van der Waals surface area (Å²) < 4.78 is 13.0. The first-order chi connectivity index (χ1) is 12.6. The summed E-state index contributed by atoms with van der Waals surface area (Å²) in [7, 11) is 0. The molecule has 5 nitrogen and oxygen atoms in total. The second-order valence-corrected chi connectivity index (χ2v) is 6.94. The van der Waals surface area contributed by atoms with Gasteiger partial charge in [-0.2, -0.15) is 0 Å². The van der Waals surface area contributed by atoms with Crippen LogP contribution in [-0.2, 0) is 17.6 Å². The van der Waals surface area contributed by atoms with Crippen molar-refractivity contribution in [2.45, 2.75) is 19.8 Å². The van der Waals surface area contributed by atoms with Gasteiger partial charge in [-0.05, 0) is 48.9 Å². The Morgan fingerprint density at radius 1 is 1.27 bits per heavy atom. The zero-order valence-electron chi connectivity index (χ0n) is 14.9. The maximum Gasteiger partial charge on any atom is 0.222 e. The molecule has 0 saturated heterocycles. The number of amides is 1. The van der Waals surface area contributed by atoms with Gasteiger partial charge in [-0.3, -0.25) is 9.79 Å². The van der Waals surface area contributed by atoms with Crippen molar-refractivity contribution in [1.29, 1.82) is 0 Å². The maximum absolute atomic E-state index is 13.0. The molecular formula is C19H25FN4OS. The molecule has 0 bridgehead atoms. The van der Waals surface area contributed by atoms with E-state index in [9.17, 15) is 9.18 Å². The van der Waals surface area contributed by atoms with E-state index in [0.29, 0.717) is 12.4 Å². The largest absolute Gasteiger partial charge is 0.369 e. The van der Waals surface area contributed by atoms with Gasteiger partial charge >= 0.3 is 0 Å². The number of carbonyl (C=O) groups is 1. The zero-order chi connectivity index (χ0) is 18.8. The molecule has 1 aromatic carbocycles. The predicted molar refractivity (Wildman–Crippen MR) is 105 cm³/mol. The highest BCUT2D eigenvalue weighted by atomic mass is 32.1. The molecule has 7 heteroatoms. The Kier molecular flexibility index (Phi) is 8.08. The molecule has 1 aromatic heterocycles. The molecule has 26 heavy (non-hydrogen) atoms. The van der Waals surface area contributed by atoms with Crippen LogP contribution in [-0.4, -0.2) is 31.5 Å². The van der Waals surface area contributed by atoms with Gasteiger partial charge in [0.15, 0.2) is 5.96 Å². The molecule has 0 saturated carbocycles. The summed E-state index contributed by atoms with van der Waals surface area (Å²) in [6, 6.07) is 10.2. The molecule has 4 N–H and O–H groups in total. The third-order valence-corrected chi connectivity index (χ3v) is 4.79. The van der Waals surface area contributed by atoms with E-state index < -0.39 is 11.8 Å². The summed E-state index contributed by atoms with van der Waals surface area (Å²) >= 11 is 1.72. The van der Waals surface area contributed by atoms with Gasteiger partial charge in [-0.25, -0.2) is 4.39 Å². The van der Waals surface area contributed by atoms with Crippen LogP contribution in [0.15, 0.2) is 46.8 Å². The number of hydrogen-bond donors (Lipinski definition) is 3. The van der Waals surface area contributed by atoms with Crippen molar-refractivity contribution in [3.05, 3.63) is 58.0 Å². The second kappa shape index (κ2) is 10.6. The van der Waals surface area contributed by atoms with Crippen LogP contribution in [0, 0.1) is 11.7 Å². The van der Waals surface area contributed by atoms with E-state index in [1.54, 1.807) is 23.5 Å². The molecule has 140 valence electrons. The highest BCUT2D eigenvalue weighted by Gasteiger charge is 2.16. The van der Waals surface area contributed by atoms with Crippen molar-refractivity contribution in [3.63, 3.8) is 0 Å². The number of thiophene rings is 1. The number of aliphatic imine (C=N–C) groups is 1. The Labute approximate surface area is 157 Å². The molecule has 0 radical (unpaired) electrons. The lowest BCUT2D eigenvalue weighted by atomic mass is 9.99. The smallest absolute Gasteiger partial charge is 0.222 e. The topological polar surface area (TPSA) is 79.5 Å². The number of nitrogens with two attached hydrogens (primary N) is 1. The van der Waals surface area contributed by atoms with Crippen molar-refractivity contribution in [2.75, 3.05) is 19.6 Å². The normalized spacial score (nSPS) is 12.6. The highest BCUT2D eigenvalue weighted by molar-refractivity contribution is 7.09. The fraction of sp³-hybridized carbons (Fsp3) is 0.368. The standard InChI is InChI=1S/C19H25FN4OS/c1-2-22-19(23-10-9-17-4-3-11-26-17)24-13-15(18(21)25)12-14-5-7-16(20)8-6-14/h3-8,11,15H,2,9-10,12-13H2,1H3,(H2,21,25)(H2,22,23,24). The predicted octanol–water partition coefficient (Wildman–Crippen LogP) is 2.33.